The lowest BCUT2D eigenvalue weighted by Crippen LogP contribution is -2.53. The Morgan fingerprint density at radius 3 is 2.89 bits per heavy atom. The second kappa shape index (κ2) is 5.26. The van der Waals surface area contributed by atoms with Crippen LogP contribution in [-0.2, 0) is 14.3 Å². The Balaban J connectivity index is 2.01. The predicted molar refractivity (Wildman–Crippen MR) is 67.0 cm³/mol. The summed E-state index contributed by atoms with van der Waals surface area (Å²) in [5.74, 6) is 0.376. The minimum Gasteiger partial charge on any atom is -0.381 e. The molecule has 0 bridgehead atoms. The molecule has 2 aliphatic heterocycles. The van der Waals surface area contributed by atoms with Crippen LogP contribution >= 0.6 is 0 Å². The monoisotopic (exact) mass is 254 g/mol. The van der Waals surface area contributed by atoms with Crippen molar-refractivity contribution >= 4 is 11.8 Å². The quantitative estimate of drug-likeness (QED) is 0.782. The number of nitrogens with one attached hydrogen (secondary N) is 1. The first-order valence-electron chi connectivity index (χ1n) is 6.67. The van der Waals surface area contributed by atoms with E-state index in [1.54, 1.807) is 13.8 Å². The summed E-state index contributed by atoms with van der Waals surface area (Å²) in [7, 11) is 0. The lowest BCUT2D eigenvalue weighted by atomic mass is 9.99. The maximum atomic E-state index is 12.4. The molecular weight excluding hydrogens is 232 g/mol. The summed E-state index contributed by atoms with van der Waals surface area (Å²) in [6.07, 6.45) is 2.56. The van der Waals surface area contributed by atoms with Crippen LogP contribution in [0.3, 0.4) is 0 Å². The van der Waals surface area contributed by atoms with Gasteiger partial charge in [-0.25, -0.2) is 0 Å². The summed E-state index contributed by atoms with van der Waals surface area (Å²) < 4.78 is 5.44. The molecule has 2 heterocycles. The van der Waals surface area contributed by atoms with Gasteiger partial charge in [0.1, 0.15) is 5.54 Å². The summed E-state index contributed by atoms with van der Waals surface area (Å²) in [4.78, 5) is 25.7. The van der Waals surface area contributed by atoms with Crippen LogP contribution in [0.5, 0.6) is 0 Å². The summed E-state index contributed by atoms with van der Waals surface area (Å²) in [6, 6.07) is 0. The van der Waals surface area contributed by atoms with Gasteiger partial charge in [-0.3, -0.25) is 9.59 Å². The fourth-order valence-electron chi connectivity index (χ4n) is 2.64. The summed E-state index contributed by atoms with van der Waals surface area (Å²) >= 11 is 0. The zero-order chi connectivity index (χ0) is 13.2. The van der Waals surface area contributed by atoms with Crippen molar-refractivity contribution in [1.82, 2.24) is 10.2 Å². The molecule has 0 aromatic rings. The zero-order valence-corrected chi connectivity index (χ0v) is 11.2. The number of carbonyl (C=O) groups is 2. The highest BCUT2D eigenvalue weighted by atomic mass is 16.5. The number of nitrogens with zero attached hydrogens (tertiary/aromatic N) is 1. The molecule has 18 heavy (non-hydrogen) atoms. The number of rotatable bonds is 2. The normalized spacial score (nSPS) is 28.8. The maximum absolute atomic E-state index is 12.4. The molecule has 2 aliphatic rings. The van der Waals surface area contributed by atoms with Crippen molar-refractivity contribution in [2.75, 3.05) is 26.3 Å². The first kappa shape index (κ1) is 13.3. The maximum Gasteiger partial charge on any atom is 0.247 e. The van der Waals surface area contributed by atoms with Gasteiger partial charge in [-0.1, -0.05) is 0 Å². The van der Waals surface area contributed by atoms with Crippen LogP contribution in [-0.4, -0.2) is 48.6 Å². The van der Waals surface area contributed by atoms with Crippen molar-refractivity contribution in [3.63, 3.8) is 0 Å². The van der Waals surface area contributed by atoms with Gasteiger partial charge in [0.05, 0.1) is 6.61 Å². The fourth-order valence-corrected chi connectivity index (χ4v) is 2.64. The molecule has 5 heteroatoms. The Morgan fingerprint density at radius 1 is 1.44 bits per heavy atom. The van der Waals surface area contributed by atoms with Gasteiger partial charge in [0.25, 0.3) is 0 Å². The van der Waals surface area contributed by atoms with E-state index >= 15 is 0 Å². The first-order chi connectivity index (χ1) is 8.49. The molecule has 0 aliphatic carbocycles. The van der Waals surface area contributed by atoms with Gasteiger partial charge in [-0.15, -0.1) is 0 Å². The number of hydrogen-bond acceptors (Lipinski definition) is 3. The molecule has 1 N–H and O–H groups in total. The van der Waals surface area contributed by atoms with E-state index in [4.69, 9.17) is 4.74 Å². The van der Waals surface area contributed by atoms with Gasteiger partial charge < -0.3 is 15.0 Å². The number of ether oxygens (including phenoxy) is 1. The van der Waals surface area contributed by atoms with Gasteiger partial charge in [0, 0.05) is 26.1 Å². The van der Waals surface area contributed by atoms with Crippen LogP contribution in [0.25, 0.3) is 0 Å². The van der Waals surface area contributed by atoms with E-state index in [9.17, 15) is 9.59 Å². The topological polar surface area (TPSA) is 58.6 Å². The molecule has 1 unspecified atom stereocenters. The minimum atomic E-state index is -0.789. The SMILES string of the molecule is CC1(C)NC(=O)CCN(CC2CCCOC2)C1=O. The molecule has 0 aromatic heterocycles. The second-order valence-electron chi connectivity index (χ2n) is 5.76. The molecule has 5 nitrogen and oxygen atoms in total. The van der Waals surface area contributed by atoms with Crippen molar-refractivity contribution in [2.24, 2.45) is 5.92 Å². The van der Waals surface area contributed by atoms with Gasteiger partial charge in [0.15, 0.2) is 0 Å². The van der Waals surface area contributed by atoms with Crippen molar-refractivity contribution in [3.8, 4) is 0 Å². The number of hydrogen-bond donors (Lipinski definition) is 1. The van der Waals surface area contributed by atoms with Gasteiger partial charge >= 0.3 is 0 Å². The van der Waals surface area contributed by atoms with Gasteiger partial charge in [-0.2, -0.15) is 0 Å². The predicted octanol–water partition coefficient (Wildman–Crippen LogP) is 0.540. The molecular formula is C13H22N2O3. The third-order valence-corrected chi connectivity index (χ3v) is 3.62. The fraction of sp³-hybridized carbons (Fsp3) is 0.846. The van der Waals surface area contributed by atoms with Crippen molar-refractivity contribution in [2.45, 2.75) is 38.6 Å². The summed E-state index contributed by atoms with van der Waals surface area (Å²) in [5.41, 5.74) is -0.789. The third kappa shape index (κ3) is 3.02. The highest BCUT2D eigenvalue weighted by Gasteiger charge is 2.37. The van der Waals surface area contributed by atoms with Crippen molar-refractivity contribution in [1.29, 1.82) is 0 Å². The smallest absolute Gasteiger partial charge is 0.247 e. The molecule has 2 saturated heterocycles. The van der Waals surface area contributed by atoms with Crippen molar-refractivity contribution in [3.05, 3.63) is 0 Å². The second-order valence-corrected chi connectivity index (χ2v) is 5.76. The number of amides is 2. The van der Waals surface area contributed by atoms with Crippen molar-refractivity contribution < 1.29 is 14.3 Å². The molecule has 102 valence electrons. The standard InChI is InChI=1S/C13H22N2O3/c1-13(2)12(17)15(6-5-11(16)14-13)8-10-4-3-7-18-9-10/h10H,3-9H2,1-2H3,(H,14,16). The third-order valence-electron chi connectivity index (χ3n) is 3.62. The lowest BCUT2D eigenvalue weighted by molar-refractivity contribution is -0.138. The summed E-state index contributed by atoms with van der Waals surface area (Å²) in [6.45, 7) is 6.31. The van der Waals surface area contributed by atoms with Crippen LogP contribution in [0.2, 0.25) is 0 Å². The number of carbonyl (C=O) groups excluding carboxylic acids is 2. The zero-order valence-electron chi connectivity index (χ0n) is 11.2. The Morgan fingerprint density at radius 2 is 2.22 bits per heavy atom. The van der Waals surface area contributed by atoms with Gasteiger partial charge in [0.2, 0.25) is 11.8 Å². The average Bonchev–Trinajstić information content (AvgIpc) is 2.42. The molecule has 0 saturated carbocycles. The van der Waals surface area contributed by atoms with Gasteiger partial charge in [-0.05, 0) is 32.6 Å². The average molecular weight is 254 g/mol. The van der Waals surface area contributed by atoms with E-state index in [0.717, 1.165) is 26.1 Å². The van der Waals surface area contributed by atoms with Crippen LogP contribution in [0.15, 0.2) is 0 Å². The molecule has 1 atom stereocenters. The molecule has 2 amide bonds. The van der Waals surface area contributed by atoms with Crippen LogP contribution in [0.4, 0.5) is 0 Å². The van der Waals surface area contributed by atoms with E-state index < -0.39 is 5.54 Å². The summed E-state index contributed by atoms with van der Waals surface area (Å²) in [5, 5.41) is 2.77. The molecule has 2 rings (SSSR count). The van der Waals surface area contributed by atoms with Crippen LogP contribution in [0, 0.1) is 5.92 Å². The highest BCUT2D eigenvalue weighted by molar-refractivity contribution is 5.92. The minimum absolute atomic E-state index is 0.0129. The molecule has 2 fully saturated rings. The Kier molecular flexibility index (Phi) is 3.90. The Hall–Kier alpha value is -1.10. The highest BCUT2D eigenvalue weighted by Crippen LogP contribution is 2.19. The van der Waals surface area contributed by atoms with E-state index in [1.807, 2.05) is 4.90 Å². The van der Waals surface area contributed by atoms with E-state index in [0.29, 0.717) is 25.4 Å². The van der Waals surface area contributed by atoms with E-state index in [2.05, 4.69) is 5.32 Å². The first-order valence-corrected chi connectivity index (χ1v) is 6.67. The van der Waals surface area contributed by atoms with Crippen LogP contribution < -0.4 is 5.32 Å². The Bertz CT molecular complexity index is 335. The van der Waals surface area contributed by atoms with Crippen LogP contribution in [0.1, 0.15) is 33.1 Å². The Labute approximate surface area is 108 Å². The molecule has 0 radical (unpaired) electrons. The molecule has 0 aromatic carbocycles. The largest absolute Gasteiger partial charge is 0.381 e. The lowest BCUT2D eigenvalue weighted by Gasteiger charge is -2.32. The molecule has 0 spiro atoms. The van der Waals surface area contributed by atoms with E-state index in [-0.39, 0.29) is 11.8 Å². The van der Waals surface area contributed by atoms with E-state index in [1.165, 1.54) is 0 Å².